The molecule has 1 fully saturated rings. The summed E-state index contributed by atoms with van der Waals surface area (Å²) < 4.78 is 0. The fourth-order valence-electron chi connectivity index (χ4n) is 2.48. The summed E-state index contributed by atoms with van der Waals surface area (Å²) in [6.45, 7) is 12.2. The summed E-state index contributed by atoms with van der Waals surface area (Å²) in [7, 11) is 0. The van der Waals surface area contributed by atoms with Crippen LogP contribution in [0.25, 0.3) is 0 Å². The molecule has 0 aromatic carbocycles. The Kier molecular flexibility index (Phi) is 3.21. The second-order valence-electron chi connectivity index (χ2n) is 6.24. The molecule has 1 saturated carbocycles. The van der Waals surface area contributed by atoms with Crippen molar-refractivity contribution in [2.75, 3.05) is 17.2 Å². The van der Waals surface area contributed by atoms with Gasteiger partial charge in [-0.05, 0) is 17.3 Å². The largest absolute Gasteiger partial charge is 0.369 e. The van der Waals surface area contributed by atoms with Crippen molar-refractivity contribution in [3.63, 3.8) is 0 Å². The van der Waals surface area contributed by atoms with Gasteiger partial charge in [0.1, 0.15) is 11.6 Å². The van der Waals surface area contributed by atoms with Crippen LogP contribution in [-0.4, -0.2) is 22.6 Å². The lowest BCUT2D eigenvalue weighted by atomic mass is 10.0. The minimum Gasteiger partial charge on any atom is -0.369 e. The van der Waals surface area contributed by atoms with E-state index in [1.165, 1.54) is 0 Å². The zero-order valence-corrected chi connectivity index (χ0v) is 12.0. The molecule has 100 valence electrons. The molecule has 0 amide bonds. The summed E-state index contributed by atoms with van der Waals surface area (Å²) in [5, 5.41) is 6.76. The topological polar surface area (TPSA) is 49.8 Å². The van der Waals surface area contributed by atoms with Crippen LogP contribution in [0.15, 0.2) is 12.4 Å². The van der Waals surface area contributed by atoms with E-state index in [0.29, 0.717) is 16.9 Å². The second kappa shape index (κ2) is 4.41. The number of nitrogens with zero attached hydrogens (tertiary/aromatic N) is 2. The predicted octanol–water partition coefficient (Wildman–Crippen LogP) is 3.15. The van der Waals surface area contributed by atoms with Gasteiger partial charge in [0.25, 0.3) is 0 Å². The molecule has 0 bridgehead atoms. The molecule has 1 aliphatic rings. The van der Waals surface area contributed by atoms with Crippen molar-refractivity contribution in [1.29, 1.82) is 0 Å². The Hall–Kier alpha value is -1.32. The highest BCUT2D eigenvalue weighted by Crippen LogP contribution is 2.63. The average Bonchev–Trinajstić information content (AvgIpc) is 2.70. The molecular formula is C14H24N4. The van der Waals surface area contributed by atoms with Gasteiger partial charge in [0.2, 0.25) is 0 Å². The van der Waals surface area contributed by atoms with Gasteiger partial charge in [-0.25, -0.2) is 4.98 Å². The van der Waals surface area contributed by atoms with Crippen LogP contribution in [0, 0.1) is 10.8 Å². The third-order valence-electron chi connectivity index (χ3n) is 4.50. The molecule has 0 spiro atoms. The molecule has 2 N–H and O–H groups in total. The van der Waals surface area contributed by atoms with Gasteiger partial charge in [0, 0.05) is 12.6 Å². The first-order valence-electron chi connectivity index (χ1n) is 6.72. The fourth-order valence-corrected chi connectivity index (χ4v) is 2.48. The molecule has 0 atom stereocenters. The zero-order chi connectivity index (χ0) is 13.4. The third kappa shape index (κ3) is 2.16. The molecule has 1 aromatic rings. The number of anilines is 2. The Morgan fingerprint density at radius 3 is 2.28 bits per heavy atom. The SMILES string of the molecule is CCCNc1cncc(NC2C(C)(C)C2(C)C)n1. The van der Waals surface area contributed by atoms with Gasteiger partial charge in [0.15, 0.2) is 0 Å². The summed E-state index contributed by atoms with van der Waals surface area (Å²) >= 11 is 0. The highest BCUT2D eigenvalue weighted by Gasteiger charge is 2.65. The normalized spacial score (nSPS) is 20.5. The van der Waals surface area contributed by atoms with E-state index in [4.69, 9.17) is 0 Å². The molecule has 2 rings (SSSR count). The molecule has 1 heterocycles. The fraction of sp³-hybridized carbons (Fsp3) is 0.714. The van der Waals surface area contributed by atoms with Gasteiger partial charge in [-0.15, -0.1) is 0 Å². The zero-order valence-electron chi connectivity index (χ0n) is 12.0. The maximum Gasteiger partial charge on any atom is 0.147 e. The quantitative estimate of drug-likeness (QED) is 0.840. The first kappa shape index (κ1) is 13.1. The summed E-state index contributed by atoms with van der Waals surface area (Å²) in [5.41, 5.74) is 0.614. The van der Waals surface area contributed by atoms with E-state index in [-0.39, 0.29) is 0 Å². The lowest BCUT2D eigenvalue weighted by molar-refractivity contribution is 0.457. The van der Waals surface area contributed by atoms with Crippen molar-refractivity contribution in [2.24, 2.45) is 10.8 Å². The molecular weight excluding hydrogens is 224 g/mol. The number of aromatic nitrogens is 2. The first-order chi connectivity index (χ1) is 8.39. The predicted molar refractivity (Wildman–Crippen MR) is 75.8 cm³/mol. The van der Waals surface area contributed by atoms with Crippen LogP contribution >= 0.6 is 0 Å². The van der Waals surface area contributed by atoms with Crippen LogP contribution < -0.4 is 10.6 Å². The Balaban J connectivity index is 2.03. The molecule has 0 unspecified atom stereocenters. The molecule has 0 aliphatic heterocycles. The highest BCUT2D eigenvalue weighted by molar-refractivity contribution is 5.45. The average molecular weight is 248 g/mol. The van der Waals surface area contributed by atoms with Crippen molar-refractivity contribution >= 4 is 11.6 Å². The van der Waals surface area contributed by atoms with E-state index in [1.54, 1.807) is 12.4 Å². The van der Waals surface area contributed by atoms with Gasteiger partial charge >= 0.3 is 0 Å². The maximum atomic E-state index is 4.54. The minimum absolute atomic E-state index is 0.307. The van der Waals surface area contributed by atoms with Gasteiger partial charge in [-0.3, -0.25) is 4.98 Å². The van der Waals surface area contributed by atoms with Gasteiger partial charge < -0.3 is 10.6 Å². The van der Waals surface area contributed by atoms with Crippen molar-refractivity contribution in [2.45, 2.75) is 47.1 Å². The van der Waals surface area contributed by atoms with Crippen molar-refractivity contribution in [3.05, 3.63) is 12.4 Å². The van der Waals surface area contributed by atoms with Gasteiger partial charge in [-0.2, -0.15) is 0 Å². The van der Waals surface area contributed by atoms with Gasteiger partial charge in [-0.1, -0.05) is 34.6 Å². The summed E-state index contributed by atoms with van der Waals surface area (Å²) in [5.74, 6) is 1.71. The smallest absolute Gasteiger partial charge is 0.147 e. The van der Waals surface area contributed by atoms with Crippen LogP contribution in [0.1, 0.15) is 41.0 Å². The Morgan fingerprint density at radius 2 is 1.72 bits per heavy atom. The van der Waals surface area contributed by atoms with Crippen LogP contribution in [0.5, 0.6) is 0 Å². The lowest BCUT2D eigenvalue weighted by Crippen LogP contribution is -2.12. The summed E-state index contributed by atoms with van der Waals surface area (Å²) in [6, 6.07) is 0.459. The van der Waals surface area contributed by atoms with E-state index in [9.17, 15) is 0 Å². The molecule has 4 nitrogen and oxygen atoms in total. The molecule has 0 saturated heterocycles. The van der Waals surface area contributed by atoms with Crippen LogP contribution in [0.2, 0.25) is 0 Å². The first-order valence-corrected chi connectivity index (χ1v) is 6.72. The van der Waals surface area contributed by atoms with Crippen LogP contribution in [0.4, 0.5) is 11.6 Å². The van der Waals surface area contributed by atoms with E-state index < -0.39 is 0 Å². The Morgan fingerprint density at radius 1 is 1.11 bits per heavy atom. The molecule has 1 aliphatic carbocycles. The minimum atomic E-state index is 0.307. The summed E-state index contributed by atoms with van der Waals surface area (Å²) in [6.07, 6.45) is 4.65. The summed E-state index contributed by atoms with van der Waals surface area (Å²) in [4.78, 5) is 8.76. The standard InChI is InChI=1S/C14H24N4/c1-6-7-16-10-8-15-9-11(17-10)18-12-13(2,3)14(12,4)5/h8-9,12H,6-7H2,1-5H3,(H2,16,17,18). The molecule has 18 heavy (non-hydrogen) atoms. The number of rotatable bonds is 5. The maximum absolute atomic E-state index is 4.54. The van der Waals surface area contributed by atoms with E-state index in [2.05, 4.69) is 55.2 Å². The van der Waals surface area contributed by atoms with Crippen molar-refractivity contribution in [1.82, 2.24) is 9.97 Å². The molecule has 0 radical (unpaired) electrons. The monoisotopic (exact) mass is 248 g/mol. The molecule has 4 heteroatoms. The third-order valence-corrected chi connectivity index (χ3v) is 4.50. The molecule has 1 aromatic heterocycles. The number of hydrogen-bond donors (Lipinski definition) is 2. The lowest BCUT2D eigenvalue weighted by Gasteiger charge is -2.09. The van der Waals surface area contributed by atoms with Crippen LogP contribution in [-0.2, 0) is 0 Å². The van der Waals surface area contributed by atoms with Crippen LogP contribution in [0.3, 0.4) is 0 Å². The Bertz CT molecular complexity index is 412. The van der Waals surface area contributed by atoms with Gasteiger partial charge in [0.05, 0.1) is 12.4 Å². The number of nitrogens with one attached hydrogen (secondary N) is 2. The van der Waals surface area contributed by atoms with Crippen molar-refractivity contribution in [3.8, 4) is 0 Å². The number of hydrogen-bond acceptors (Lipinski definition) is 4. The van der Waals surface area contributed by atoms with E-state index >= 15 is 0 Å². The van der Waals surface area contributed by atoms with E-state index in [1.807, 2.05) is 0 Å². The second-order valence-corrected chi connectivity index (χ2v) is 6.24. The van der Waals surface area contributed by atoms with E-state index in [0.717, 1.165) is 24.6 Å². The highest BCUT2D eigenvalue weighted by atomic mass is 15.1. The Labute approximate surface area is 110 Å². The van der Waals surface area contributed by atoms with Crippen molar-refractivity contribution < 1.29 is 0 Å².